The van der Waals surface area contributed by atoms with Gasteiger partial charge in [0.15, 0.2) is 0 Å². The molecule has 2 aromatic rings. The van der Waals surface area contributed by atoms with Gasteiger partial charge in [-0.25, -0.2) is 8.42 Å². The van der Waals surface area contributed by atoms with Crippen molar-refractivity contribution in [1.82, 2.24) is 5.32 Å². The van der Waals surface area contributed by atoms with Crippen molar-refractivity contribution < 1.29 is 17.9 Å². The van der Waals surface area contributed by atoms with Gasteiger partial charge in [0.25, 0.3) is 5.91 Å². The molecule has 2 N–H and O–H groups in total. The van der Waals surface area contributed by atoms with Gasteiger partial charge >= 0.3 is 0 Å². The fourth-order valence-corrected chi connectivity index (χ4v) is 2.92. The van der Waals surface area contributed by atoms with Crippen molar-refractivity contribution >= 4 is 21.6 Å². The number of nitrogens with one attached hydrogen (secondary N) is 2. The molecule has 0 heterocycles. The minimum absolute atomic E-state index is 0.248. The van der Waals surface area contributed by atoms with Crippen molar-refractivity contribution in [3.8, 4) is 5.75 Å². The van der Waals surface area contributed by atoms with E-state index in [1.54, 1.807) is 24.3 Å². The van der Waals surface area contributed by atoms with Crippen LogP contribution in [0, 0.1) is 0 Å². The Morgan fingerprint density at radius 2 is 1.73 bits per heavy atom. The second kappa shape index (κ2) is 8.71. The van der Waals surface area contributed by atoms with Gasteiger partial charge in [-0.15, -0.1) is 0 Å². The smallest absolute Gasteiger partial charge is 0.253 e. The zero-order chi connectivity index (χ0) is 19.2. The van der Waals surface area contributed by atoms with E-state index in [1.165, 1.54) is 5.56 Å². The van der Waals surface area contributed by atoms with Crippen molar-refractivity contribution in [1.29, 1.82) is 0 Å². The van der Waals surface area contributed by atoms with Crippen LogP contribution in [-0.2, 0) is 10.0 Å². The summed E-state index contributed by atoms with van der Waals surface area (Å²) in [6.45, 7) is 4.87. The number of anilines is 1. The zero-order valence-corrected chi connectivity index (χ0v) is 16.0. The summed E-state index contributed by atoms with van der Waals surface area (Å²) in [6.07, 6.45) is 1.04. The Bertz CT molecular complexity index is 846. The van der Waals surface area contributed by atoms with Gasteiger partial charge in [-0.05, 0) is 35.7 Å². The second-order valence-electron chi connectivity index (χ2n) is 6.25. The third kappa shape index (κ3) is 6.07. The van der Waals surface area contributed by atoms with Crippen LogP contribution in [0.5, 0.6) is 5.75 Å². The SMILES string of the molecule is CC(C)c1ccc(OCCNC(=O)c2ccccc2NS(C)(=O)=O)cc1. The Morgan fingerprint density at radius 3 is 2.35 bits per heavy atom. The predicted molar refractivity (Wildman–Crippen MR) is 103 cm³/mol. The monoisotopic (exact) mass is 376 g/mol. The number of rotatable bonds is 8. The first-order valence-corrected chi connectivity index (χ1v) is 10.2. The fourth-order valence-electron chi connectivity index (χ4n) is 2.35. The van der Waals surface area contributed by atoms with Crippen molar-refractivity contribution in [2.75, 3.05) is 24.1 Å². The third-order valence-electron chi connectivity index (χ3n) is 3.67. The van der Waals surface area contributed by atoms with Crippen LogP contribution in [0.1, 0.15) is 35.7 Å². The number of sulfonamides is 1. The minimum Gasteiger partial charge on any atom is -0.492 e. The highest BCUT2D eigenvalue weighted by Crippen LogP contribution is 2.18. The van der Waals surface area contributed by atoms with E-state index in [0.717, 1.165) is 12.0 Å². The van der Waals surface area contributed by atoms with Crippen molar-refractivity contribution in [3.05, 3.63) is 59.7 Å². The van der Waals surface area contributed by atoms with Crippen LogP contribution in [0.15, 0.2) is 48.5 Å². The van der Waals surface area contributed by atoms with Crippen molar-refractivity contribution in [2.24, 2.45) is 0 Å². The summed E-state index contributed by atoms with van der Waals surface area (Å²) in [7, 11) is -3.46. The molecule has 0 aliphatic rings. The van der Waals surface area contributed by atoms with E-state index in [0.29, 0.717) is 19.1 Å². The maximum absolute atomic E-state index is 12.3. The molecule has 2 aromatic carbocycles. The van der Waals surface area contributed by atoms with E-state index >= 15 is 0 Å². The molecule has 2 rings (SSSR count). The minimum atomic E-state index is -3.46. The third-order valence-corrected chi connectivity index (χ3v) is 4.26. The highest BCUT2D eigenvalue weighted by molar-refractivity contribution is 7.92. The maximum atomic E-state index is 12.3. The number of benzene rings is 2. The summed E-state index contributed by atoms with van der Waals surface area (Å²) in [5.74, 6) is 0.835. The van der Waals surface area contributed by atoms with Crippen LogP contribution in [-0.4, -0.2) is 33.7 Å². The molecule has 0 aromatic heterocycles. The normalized spacial score (nSPS) is 11.2. The first-order valence-electron chi connectivity index (χ1n) is 8.34. The van der Waals surface area contributed by atoms with Gasteiger partial charge in [-0.3, -0.25) is 9.52 Å². The number of carbonyl (C=O) groups is 1. The molecular formula is C19H24N2O4S. The highest BCUT2D eigenvalue weighted by Gasteiger charge is 2.13. The molecule has 0 aliphatic heterocycles. The molecule has 0 bridgehead atoms. The second-order valence-corrected chi connectivity index (χ2v) is 8.00. The number of carbonyl (C=O) groups excluding carboxylic acids is 1. The van der Waals surface area contributed by atoms with Gasteiger partial charge in [0, 0.05) is 0 Å². The molecule has 0 atom stereocenters. The average Bonchev–Trinajstić information content (AvgIpc) is 2.58. The van der Waals surface area contributed by atoms with Gasteiger partial charge in [0.2, 0.25) is 10.0 Å². The van der Waals surface area contributed by atoms with Crippen LogP contribution in [0.25, 0.3) is 0 Å². The Hall–Kier alpha value is -2.54. The van der Waals surface area contributed by atoms with E-state index in [4.69, 9.17) is 4.74 Å². The number of ether oxygens (including phenoxy) is 1. The van der Waals surface area contributed by atoms with Gasteiger partial charge < -0.3 is 10.1 Å². The molecule has 0 unspecified atom stereocenters. The fraction of sp³-hybridized carbons (Fsp3) is 0.316. The molecule has 26 heavy (non-hydrogen) atoms. The average molecular weight is 376 g/mol. The molecule has 0 fully saturated rings. The van der Waals surface area contributed by atoms with Crippen LogP contribution in [0.3, 0.4) is 0 Å². The largest absolute Gasteiger partial charge is 0.492 e. The molecule has 0 saturated carbocycles. The van der Waals surface area contributed by atoms with Gasteiger partial charge in [0.05, 0.1) is 24.1 Å². The predicted octanol–water partition coefficient (Wildman–Crippen LogP) is 2.99. The lowest BCUT2D eigenvalue weighted by Crippen LogP contribution is -2.29. The summed E-state index contributed by atoms with van der Waals surface area (Å²) in [5, 5.41) is 2.73. The topological polar surface area (TPSA) is 84.5 Å². The zero-order valence-electron chi connectivity index (χ0n) is 15.2. The molecule has 6 nitrogen and oxygen atoms in total. The molecule has 0 spiro atoms. The first-order chi connectivity index (χ1) is 12.3. The highest BCUT2D eigenvalue weighted by atomic mass is 32.2. The van der Waals surface area contributed by atoms with Gasteiger partial charge in [0.1, 0.15) is 12.4 Å². The van der Waals surface area contributed by atoms with Crippen molar-refractivity contribution in [3.63, 3.8) is 0 Å². The lowest BCUT2D eigenvalue weighted by Gasteiger charge is -2.12. The van der Waals surface area contributed by atoms with E-state index in [2.05, 4.69) is 23.9 Å². The summed E-state index contributed by atoms with van der Waals surface area (Å²) < 4.78 is 30.7. The van der Waals surface area contributed by atoms with E-state index in [9.17, 15) is 13.2 Å². The Labute approximate surface area is 154 Å². The lowest BCUT2D eigenvalue weighted by atomic mass is 10.0. The lowest BCUT2D eigenvalue weighted by molar-refractivity contribution is 0.0948. The van der Waals surface area contributed by atoms with Crippen LogP contribution in [0.2, 0.25) is 0 Å². The Balaban J connectivity index is 1.87. The van der Waals surface area contributed by atoms with E-state index < -0.39 is 10.0 Å². The van der Waals surface area contributed by atoms with Gasteiger partial charge in [-0.2, -0.15) is 0 Å². The quantitative estimate of drug-likeness (QED) is 0.694. The molecule has 0 aliphatic carbocycles. The number of hydrogen-bond donors (Lipinski definition) is 2. The maximum Gasteiger partial charge on any atom is 0.253 e. The number of amides is 1. The summed E-state index contributed by atoms with van der Waals surface area (Å²) in [4.78, 5) is 12.3. The number of para-hydroxylation sites is 1. The number of hydrogen-bond acceptors (Lipinski definition) is 4. The molecule has 0 radical (unpaired) electrons. The molecule has 140 valence electrons. The Morgan fingerprint density at radius 1 is 1.08 bits per heavy atom. The summed E-state index contributed by atoms with van der Waals surface area (Å²) in [6, 6.07) is 14.3. The van der Waals surface area contributed by atoms with Crippen LogP contribution >= 0.6 is 0 Å². The van der Waals surface area contributed by atoms with Crippen LogP contribution < -0.4 is 14.8 Å². The summed E-state index contributed by atoms with van der Waals surface area (Å²) in [5.41, 5.74) is 1.75. The van der Waals surface area contributed by atoms with Crippen molar-refractivity contribution in [2.45, 2.75) is 19.8 Å². The molecule has 7 heteroatoms. The molecule has 1 amide bonds. The molecule has 0 saturated heterocycles. The Kier molecular flexibility index (Phi) is 6.63. The van der Waals surface area contributed by atoms with Crippen LogP contribution in [0.4, 0.5) is 5.69 Å². The molecular weight excluding hydrogens is 352 g/mol. The first kappa shape index (κ1) is 19.8. The standard InChI is InChI=1S/C19H24N2O4S/c1-14(2)15-8-10-16(11-9-15)25-13-12-20-19(22)17-6-4-5-7-18(17)21-26(3,23)24/h4-11,14,21H,12-13H2,1-3H3,(H,20,22). The summed E-state index contributed by atoms with van der Waals surface area (Å²) >= 11 is 0. The van der Waals surface area contributed by atoms with E-state index in [-0.39, 0.29) is 17.2 Å². The van der Waals surface area contributed by atoms with E-state index in [1.807, 2.05) is 24.3 Å². The van der Waals surface area contributed by atoms with Gasteiger partial charge in [-0.1, -0.05) is 38.1 Å².